The van der Waals surface area contributed by atoms with Gasteiger partial charge in [-0.2, -0.15) is 5.10 Å². The lowest BCUT2D eigenvalue weighted by molar-refractivity contribution is -0.148. The summed E-state index contributed by atoms with van der Waals surface area (Å²) in [7, 11) is 0. The summed E-state index contributed by atoms with van der Waals surface area (Å²) in [6.07, 6.45) is 2.99. The number of rotatable bonds is 4. The summed E-state index contributed by atoms with van der Waals surface area (Å²) in [5, 5.41) is 4.48. The van der Waals surface area contributed by atoms with Gasteiger partial charge in [0, 0.05) is 17.6 Å². The molecule has 0 saturated carbocycles. The summed E-state index contributed by atoms with van der Waals surface area (Å²) in [4.78, 5) is 38.3. The van der Waals surface area contributed by atoms with Crippen molar-refractivity contribution in [2.45, 2.75) is 19.4 Å². The second-order valence-electron chi connectivity index (χ2n) is 6.62. The molecule has 142 valence electrons. The number of anilines is 1. The number of aryl methyl sites for hydroxylation is 1. The largest absolute Gasteiger partial charge is 0.454 e. The summed E-state index contributed by atoms with van der Waals surface area (Å²) in [6, 6.07) is 14.7. The number of hydrogen-bond donors (Lipinski definition) is 0. The van der Waals surface area contributed by atoms with E-state index >= 15 is 0 Å². The second-order valence-corrected chi connectivity index (χ2v) is 6.62. The quantitative estimate of drug-likeness (QED) is 0.649. The summed E-state index contributed by atoms with van der Waals surface area (Å²) in [5.74, 6) is -0.835. The molecular formula is C21H19N3O4. The van der Waals surface area contributed by atoms with E-state index in [2.05, 4.69) is 5.10 Å². The number of aromatic nitrogens is 2. The minimum atomic E-state index is -0.583. The lowest BCUT2D eigenvalue weighted by atomic mass is 10.0. The molecule has 0 radical (unpaired) electrons. The number of amides is 1. The SMILES string of the molecule is O=C(Cn1ncc(=O)c2ccccc21)OCC(=O)N1CCCc2ccccc21. The Hall–Kier alpha value is -3.48. The topological polar surface area (TPSA) is 81.5 Å². The first-order valence-electron chi connectivity index (χ1n) is 9.12. The van der Waals surface area contributed by atoms with Gasteiger partial charge in [-0.3, -0.25) is 19.1 Å². The van der Waals surface area contributed by atoms with Gasteiger partial charge in [-0.05, 0) is 36.6 Å². The van der Waals surface area contributed by atoms with Crippen LogP contribution in [0.15, 0.2) is 59.5 Å². The first-order valence-corrected chi connectivity index (χ1v) is 9.12. The molecule has 7 heteroatoms. The molecule has 0 aliphatic carbocycles. The number of para-hydroxylation sites is 2. The standard InChI is InChI=1S/C21H19N3O4/c25-19-12-22-24(18-10-4-2-8-16(18)19)13-21(27)28-14-20(26)23-11-5-7-15-6-1-3-9-17(15)23/h1-4,6,8-10,12H,5,7,11,13-14H2. The number of carbonyl (C=O) groups is 2. The first-order chi connectivity index (χ1) is 13.6. The van der Waals surface area contributed by atoms with E-state index in [0.717, 1.165) is 24.1 Å². The third kappa shape index (κ3) is 3.51. The fourth-order valence-electron chi connectivity index (χ4n) is 3.47. The maximum atomic E-state index is 12.6. The Labute approximate surface area is 161 Å². The van der Waals surface area contributed by atoms with Crippen LogP contribution in [-0.4, -0.2) is 34.8 Å². The fourth-order valence-corrected chi connectivity index (χ4v) is 3.47. The maximum Gasteiger partial charge on any atom is 0.328 e. The van der Waals surface area contributed by atoms with Gasteiger partial charge in [0.05, 0.1) is 11.7 Å². The lowest BCUT2D eigenvalue weighted by Gasteiger charge is -2.29. The van der Waals surface area contributed by atoms with E-state index in [1.54, 1.807) is 29.2 Å². The molecule has 0 spiro atoms. The third-order valence-corrected chi connectivity index (χ3v) is 4.81. The molecule has 0 bridgehead atoms. The van der Waals surface area contributed by atoms with Gasteiger partial charge < -0.3 is 9.64 Å². The molecule has 0 unspecified atom stereocenters. The molecule has 1 aliphatic heterocycles. The van der Waals surface area contributed by atoms with Crippen molar-refractivity contribution in [1.82, 2.24) is 9.78 Å². The summed E-state index contributed by atoms with van der Waals surface area (Å²) >= 11 is 0. The molecule has 0 fully saturated rings. The minimum absolute atomic E-state index is 0.176. The van der Waals surface area contributed by atoms with Crippen molar-refractivity contribution in [2.24, 2.45) is 0 Å². The Morgan fingerprint density at radius 1 is 1.07 bits per heavy atom. The van der Waals surface area contributed by atoms with Gasteiger partial charge in [-0.1, -0.05) is 30.3 Å². The third-order valence-electron chi connectivity index (χ3n) is 4.81. The fraction of sp³-hybridized carbons (Fsp3) is 0.238. The zero-order chi connectivity index (χ0) is 19.5. The predicted molar refractivity (Wildman–Crippen MR) is 104 cm³/mol. The summed E-state index contributed by atoms with van der Waals surface area (Å²) < 4.78 is 6.59. The Bertz CT molecular complexity index is 1110. The highest BCUT2D eigenvalue weighted by Gasteiger charge is 2.23. The molecule has 2 heterocycles. The number of nitrogens with zero attached hydrogens (tertiary/aromatic N) is 3. The van der Waals surface area contributed by atoms with Crippen molar-refractivity contribution >= 4 is 28.5 Å². The molecule has 0 N–H and O–H groups in total. The highest BCUT2D eigenvalue weighted by molar-refractivity contribution is 5.96. The number of esters is 1. The van der Waals surface area contributed by atoms with E-state index in [4.69, 9.17) is 4.74 Å². The molecule has 0 atom stereocenters. The normalized spacial score (nSPS) is 13.2. The highest BCUT2D eigenvalue weighted by Crippen LogP contribution is 2.26. The van der Waals surface area contributed by atoms with Crippen LogP contribution in [0.2, 0.25) is 0 Å². The van der Waals surface area contributed by atoms with Gasteiger partial charge in [-0.25, -0.2) is 0 Å². The van der Waals surface area contributed by atoms with E-state index in [0.29, 0.717) is 17.4 Å². The molecule has 28 heavy (non-hydrogen) atoms. The molecular weight excluding hydrogens is 358 g/mol. The van der Waals surface area contributed by atoms with Gasteiger partial charge in [0.1, 0.15) is 6.54 Å². The molecule has 2 aromatic carbocycles. The van der Waals surface area contributed by atoms with Crippen LogP contribution in [0.3, 0.4) is 0 Å². The molecule has 1 aliphatic rings. The van der Waals surface area contributed by atoms with Crippen LogP contribution in [0, 0.1) is 0 Å². The van der Waals surface area contributed by atoms with Crippen LogP contribution in [0.25, 0.3) is 10.9 Å². The molecule has 1 amide bonds. The molecule has 4 rings (SSSR count). The average molecular weight is 377 g/mol. The number of carbonyl (C=O) groups excluding carboxylic acids is 2. The van der Waals surface area contributed by atoms with E-state index in [-0.39, 0.29) is 24.5 Å². The van der Waals surface area contributed by atoms with Crippen molar-refractivity contribution < 1.29 is 14.3 Å². The smallest absolute Gasteiger partial charge is 0.328 e. The van der Waals surface area contributed by atoms with E-state index < -0.39 is 5.97 Å². The lowest BCUT2D eigenvalue weighted by Crippen LogP contribution is -2.38. The van der Waals surface area contributed by atoms with Gasteiger partial charge in [0.2, 0.25) is 5.43 Å². The Kier molecular flexibility index (Phi) is 4.89. The van der Waals surface area contributed by atoms with Gasteiger partial charge in [-0.15, -0.1) is 0 Å². The zero-order valence-electron chi connectivity index (χ0n) is 15.2. The van der Waals surface area contributed by atoms with Crippen LogP contribution >= 0.6 is 0 Å². The van der Waals surface area contributed by atoms with Crippen molar-refractivity contribution in [3.63, 3.8) is 0 Å². The van der Waals surface area contributed by atoms with Crippen LogP contribution < -0.4 is 10.3 Å². The summed E-state index contributed by atoms with van der Waals surface area (Å²) in [5.41, 5.74) is 2.34. The van der Waals surface area contributed by atoms with Crippen molar-refractivity contribution in [3.8, 4) is 0 Å². The predicted octanol–water partition coefficient (Wildman–Crippen LogP) is 1.92. The number of benzene rings is 2. The number of hydrogen-bond acceptors (Lipinski definition) is 5. The van der Waals surface area contributed by atoms with Crippen LogP contribution in [0.4, 0.5) is 5.69 Å². The number of fused-ring (bicyclic) bond motifs is 2. The van der Waals surface area contributed by atoms with Gasteiger partial charge in [0.15, 0.2) is 6.61 Å². The maximum absolute atomic E-state index is 12.6. The Morgan fingerprint density at radius 2 is 1.86 bits per heavy atom. The average Bonchev–Trinajstić information content (AvgIpc) is 2.74. The molecule has 1 aromatic heterocycles. The van der Waals surface area contributed by atoms with Gasteiger partial charge in [0.25, 0.3) is 5.91 Å². The van der Waals surface area contributed by atoms with E-state index in [1.807, 2.05) is 24.3 Å². The minimum Gasteiger partial charge on any atom is -0.454 e. The monoisotopic (exact) mass is 377 g/mol. The first kappa shape index (κ1) is 17.9. The highest BCUT2D eigenvalue weighted by atomic mass is 16.5. The van der Waals surface area contributed by atoms with Gasteiger partial charge >= 0.3 is 5.97 Å². The summed E-state index contributed by atoms with van der Waals surface area (Å²) in [6.45, 7) is 0.106. The second kappa shape index (κ2) is 7.64. The van der Waals surface area contributed by atoms with Crippen LogP contribution in [0.5, 0.6) is 0 Å². The van der Waals surface area contributed by atoms with Crippen LogP contribution in [-0.2, 0) is 27.3 Å². The van der Waals surface area contributed by atoms with E-state index in [1.165, 1.54) is 10.9 Å². The Morgan fingerprint density at radius 3 is 2.75 bits per heavy atom. The van der Waals surface area contributed by atoms with Crippen LogP contribution in [0.1, 0.15) is 12.0 Å². The number of ether oxygens (including phenoxy) is 1. The molecule has 0 saturated heterocycles. The van der Waals surface area contributed by atoms with Crippen molar-refractivity contribution in [2.75, 3.05) is 18.1 Å². The zero-order valence-corrected chi connectivity index (χ0v) is 15.2. The molecule has 7 nitrogen and oxygen atoms in total. The molecule has 3 aromatic rings. The van der Waals surface area contributed by atoms with E-state index in [9.17, 15) is 14.4 Å². The van der Waals surface area contributed by atoms with Crippen molar-refractivity contribution in [3.05, 3.63) is 70.5 Å². The van der Waals surface area contributed by atoms with Crippen molar-refractivity contribution in [1.29, 1.82) is 0 Å². The Balaban J connectivity index is 1.43.